The highest BCUT2D eigenvalue weighted by atomic mass is 15.3. The summed E-state index contributed by atoms with van der Waals surface area (Å²) < 4.78 is 0. The van der Waals surface area contributed by atoms with E-state index in [4.69, 9.17) is 0 Å². The number of nitrogens with one attached hydrogen (secondary N) is 2. The zero-order valence-corrected chi connectivity index (χ0v) is 13.7. The topological polar surface area (TPSA) is 66.0 Å². The summed E-state index contributed by atoms with van der Waals surface area (Å²) in [5, 5.41) is 6.72. The number of rotatable bonds is 6. The second-order valence-electron chi connectivity index (χ2n) is 5.91. The van der Waals surface area contributed by atoms with Crippen molar-refractivity contribution in [3.63, 3.8) is 0 Å². The fourth-order valence-electron chi connectivity index (χ4n) is 2.92. The molecule has 0 spiro atoms. The first-order valence-electron chi connectivity index (χ1n) is 8.07. The molecule has 21 heavy (non-hydrogen) atoms. The fourth-order valence-corrected chi connectivity index (χ4v) is 2.92. The van der Waals surface area contributed by atoms with Gasteiger partial charge in [0.25, 0.3) is 0 Å². The molecular weight excluding hydrogens is 264 g/mol. The Morgan fingerprint density at radius 3 is 2.43 bits per heavy atom. The van der Waals surface area contributed by atoms with Crippen molar-refractivity contribution in [2.75, 3.05) is 36.2 Å². The Morgan fingerprint density at radius 2 is 1.76 bits per heavy atom. The number of nitrogens with zero attached hydrogens (tertiary/aromatic N) is 4. The number of aromatic nitrogens is 3. The van der Waals surface area contributed by atoms with Crippen LogP contribution >= 0.6 is 0 Å². The second-order valence-corrected chi connectivity index (χ2v) is 5.91. The molecule has 1 aliphatic rings. The Morgan fingerprint density at radius 1 is 1.05 bits per heavy atom. The zero-order chi connectivity index (χ0) is 15.2. The molecule has 2 rings (SSSR count). The SMILES string of the molecule is CCNc1nc(NC2CCCCC2CC)nc(N(C)C)n1. The summed E-state index contributed by atoms with van der Waals surface area (Å²) in [7, 11) is 3.90. The van der Waals surface area contributed by atoms with Gasteiger partial charge in [0.1, 0.15) is 0 Å². The van der Waals surface area contributed by atoms with Crippen molar-refractivity contribution in [3.8, 4) is 0 Å². The van der Waals surface area contributed by atoms with Gasteiger partial charge in [-0.3, -0.25) is 0 Å². The van der Waals surface area contributed by atoms with Crippen LogP contribution in [0.4, 0.5) is 17.8 Å². The van der Waals surface area contributed by atoms with Crippen LogP contribution in [0, 0.1) is 5.92 Å². The van der Waals surface area contributed by atoms with Crippen LogP contribution in [0.25, 0.3) is 0 Å². The van der Waals surface area contributed by atoms with Gasteiger partial charge in [0.05, 0.1) is 0 Å². The van der Waals surface area contributed by atoms with E-state index in [0.717, 1.165) is 12.5 Å². The van der Waals surface area contributed by atoms with E-state index in [9.17, 15) is 0 Å². The Hall–Kier alpha value is -1.59. The average Bonchev–Trinajstić information content (AvgIpc) is 2.48. The lowest BCUT2D eigenvalue weighted by Gasteiger charge is -2.31. The molecule has 0 aliphatic heterocycles. The van der Waals surface area contributed by atoms with Gasteiger partial charge in [-0.1, -0.05) is 26.2 Å². The van der Waals surface area contributed by atoms with Gasteiger partial charge in [-0.2, -0.15) is 15.0 Å². The Kier molecular flexibility index (Phi) is 5.59. The van der Waals surface area contributed by atoms with Crippen LogP contribution in [0.15, 0.2) is 0 Å². The molecule has 0 saturated heterocycles. The molecule has 0 amide bonds. The van der Waals surface area contributed by atoms with Gasteiger partial charge in [-0.05, 0) is 25.7 Å². The van der Waals surface area contributed by atoms with Gasteiger partial charge in [-0.15, -0.1) is 0 Å². The first-order valence-corrected chi connectivity index (χ1v) is 8.07. The third-order valence-electron chi connectivity index (χ3n) is 4.11. The molecule has 2 unspecified atom stereocenters. The first-order chi connectivity index (χ1) is 10.1. The van der Waals surface area contributed by atoms with Gasteiger partial charge in [-0.25, -0.2) is 0 Å². The van der Waals surface area contributed by atoms with Crippen molar-refractivity contribution in [2.24, 2.45) is 5.92 Å². The summed E-state index contributed by atoms with van der Waals surface area (Å²) in [6.07, 6.45) is 6.36. The van der Waals surface area contributed by atoms with Crippen molar-refractivity contribution in [3.05, 3.63) is 0 Å². The smallest absolute Gasteiger partial charge is 0.231 e. The summed E-state index contributed by atoms with van der Waals surface area (Å²) in [5.41, 5.74) is 0. The molecule has 1 aliphatic carbocycles. The monoisotopic (exact) mass is 292 g/mol. The van der Waals surface area contributed by atoms with E-state index >= 15 is 0 Å². The predicted octanol–water partition coefficient (Wildman–Crippen LogP) is 2.75. The first kappa shape index (κ1) is 15.8. The third-order valence-corrected chi connectivity index (χ3v) is 4.11. The van der Waals surface area contributed by atoms with E-state index in [1.54, 1.807) is 0 Å². The maximum Gasteiger partial charge on any atom is 0.231 e. The zero-order valence-electron chi connectivity index (χ0n) is 13.7. The molecule has 118 valence electrons. The number of hydrogen-bond acceptors (Lipinski definition) is 6. The van der Waals surface area contributed by atoms with Gasteiger partial charge in [0.2, 0.25) is 17.8 Å². The summed E-state index contributed by atoms with van der Waals surface area (Å²) in [5.74, 6) is 2.74. The van der Waals surface area contributed by atoms with Crippen LogP contribution < -0.4 is 15.5 Å². The van der Waals surface area contributed by atoms with Crippen LogP contribution in [0.2, 0.25) is 0 Å². The van der Waals surface area contributed by atoms with Gasteiger partial charge < -0.3 is 15.5 Å². The molecule has 0 aromatic carbocycles. The van der Waals surface area contributed by atoms with E-state index < -0.39 is 0 Å². The average molecular weight is 292 g/mol. The molecule has 2 N–H and O–H groups in total. The Balaban J connectivity index is 2.17. The standard InChI is InChI=1S/C15H28N6/c1-5-11-9-7-8-10-12(11)17-14-18-13(16-6-2)19-15(20-14)21(3)4/h11-12H,5-10H2,1-4H3,(H2,16,17,18,19,20). The van der Waals surface area contributed by atoms with Gasteiger partial charge in [0.15, 0.2) is 0 Å². The largest absolute Gasteiger partial charge is 0.354 e. The van der Waals surface area contributed by atoms with E-state index in [1.165, 1.54) is 32.1 Å². The predicted molar refractivity (Wildman–Crippen MR) is 88.0 cm³/mol. The molecule has 1 heterocycles. The minimum absolute atomic E-state index is 0.482. The molecular formula is C15H28N6. The van der Waals surface area contributed by atoms with Crippen molar-refractivity contribution >= 4 is 17.8 Å². The quantitative estimate of drug-likeness (QED) is 0.840. The van der Waals surface area contributed by atoms with E-state index in [0.29, 0.717) is 23.9 Å². The fraction of sp³-hybridized carbons (Fsp3) is 0.800. The summed E-state index contributed by atoms with van der Waals surface area (Å²) in [6, 6.07) is 0.482. The van der Waals surface area contributed by atoms with E-state index in [-0.39, 0.29) is 0 Å². The van der Waals surface area contributed by atoms with Crippen LogP contribution in [0.3, 0.4) is 0 Å². The summed E-state index contributed by atoms with van der Waals surface area (Å²) >= 11 is 0. The normalized spacial score (nSPS) is 21.9. The third kappa shape index (κ3) is 4.19. The van der Waals surface area contributed by atoms with Crippen molar-refractivity contribution in [1.82, 2.24) is 15.0 Å². The molecule has 0 bridgehead atoms. The summed E-state index contributed by atoms with van der Waals surface area (Å²) in [6.45, 7) is 5.12. The van der Waals surface area contributed by atoms with Crippen LogP contribution in [0.1, 0.15) is 46.0 Å². The van der Waals surface area contributed by atoms with E-state index in [1.807, 2.05) is 25.9 Å². The second kappa shape index (κ2) is 7.43. The van der Waals surface area contributed by atoms with Gasteiger partial charge >= 0.3 is 0 Å². The minimum atomic E-state index is 0.482. The molecule has 1 fully saturated rings. The van der Waals surface area contributed by atoms with Crippen LogP contribution in [-0.4, -0.2) is 41.6 Å². The molecule has 2 atom stereocenters. The minimum Gasteiger partial charge on any atom is -0.354 e. The van der Waals surface area contributed by atoms with Crippen molar-refractivity contribution in [1.29, 1.82) is 0 Å². The maximum atomic E-state index is 4.53. The number of anilines is 3. The lowest BCUT2D eigenvalue weighted by molar-refractivity contribution is 0.316. The molecule has 1 aromatic rings. The molecule has 6 heteroatoms. The number of hydrogen-bond donors (Lipinski definition) is 2. The summed E-state index contributed by atoms with van der Waals surface area (Å²) in [4.78, 5) is 15.3. The Labute approximate surface area is 127 Å². The highest BCUT2D eigenvalue weighted by molar-refractivity contribution is 5.43. The molecule has 1 saturated carbocycles. The van der Waals surface area contributed by atoms with E-state index in [2.05, 4.69) is 32.5 Å². The van der Waals surface area contributed by atoms with Gasteiger partial charge in [0, 0.05) is 26.7 Å². The van der Waals surface area contributed by atoms with Crippen LogP contribution in [-0.2, 0) is 0 Å². The van der Waals surface area contributed by atoms with Crippen molar-refractivity contribution in [2.45, 2.75) is 52.0 Å². The lowest BCUT2D eigenvalue weighted by atomic mass is 9.83. The molecule has 0 radical (unpaired) electrons. The molecule has 1 aromatic heterocycles. The lowest BCUT2D eigenvalue weighted by Crippen LogP contribution is -2.33. The molecule has 6 nitrogen and oxygen atoms in total. The highest BCUT2D eigenvalue weighted by Gasteiger charge is 2.24. The van der Waals surface area contributed by atoms with Crippen molar-refractivity contribution < 1.29 is 0 Å². The van der Waals surface area contributed by atoms with Crippen LogP contribution in [0.5, 0.6) is 0 Å². The Bertz CT molecular complexity index is 448. The highest BCUT2D eigenvalue weighted by Crippen LogP contribution is 2.29. The maximum absolute atomic E-state index is 4.53.